The van der Waals surface area contributed by atoms with Crippen molar-refractivity contribution in [3.8, 4) is 11.4 Å². The fourth-order valence-corrected chi connectivity index (χ4v) is 8.06. The molecule has 0 spiro atoms. The first-order valence-electron chi connectivity index (χ1n) is 17.8. The van der Waals surface area contributed by atoms with E-state index in [9.17, 15) is 4.79 Å². The van der Waals surface area contributed by atoms with Gasteiger partial charge in [0.1, 0.15) is 12.1 Å². The molecule has 0 aliphatic carbocycles. The summed E-state index contributed by atoms with van der Waals surface area (Å²) in [5.41, 5.74) is 4.03. The Bertz CT molecular complexity index is 2190. The first-order chi connectivity index (χ1) is 25.9. The maximum atomic E-state index is 14.2. The zero-order valence-corrected chi connectivity index (χ0v) is 30.9. The van der Waals surface area contributed by atoms with E-state index in [-0.39, 0.29) is 11.3 Å². The molecule has 1 unspecified atom stereocenters. The Morgan fingerprint density at radius 3 is 2.62 bits per heavy atom. The molecule has 0 saturated carbocycles. The Morgan fingerprint density at radius 2 is 1.81 bits per heavy atom. The summed E-state index contributed by atoms with van der Waals surface area (Å²) in [6.07, 6.45) is 7.75. The number of carbonyl (C=O) groups is 1. The van der Waals surface area contributed by atoms with Crippen molar-refractivity contribution in [1.29, 1.82) is 0 Å². The number of methoxy groups -OCH3 is 1. The van der Waals surface area contributed by atoms with E-state index in [0.717, 1.165) is 81.1 Å². The predicted octanol–water partition coefficient (Wildman–Crippen LogP) is 5.01. The molecule has 8 rings (SSSR count). The smallest absolute Gasteiger partial charge is 0.257 e. The molecule has 53 heavy (non-hydrogen) atoms. The lowest BCUT2D eigenvalue weighted by atomic mass is 9.76. The molecule has 14 nitrogen and oxygen atoms in total. The van der Waals surface area contributed by atoms with Gasteiger partial charge in [-0.2, -0.15) is 0 Å². The van der Waals surface area contributed by atoms with Gasteiger partial charge in [0.25, 0.3) is 5.91 Å². The van der Waals surface area contributed by atoms with Crippen molar-refractivity contribution in [1.82, 2.24) is 54.6 Å². The predicted molar refractivity (Wildman–Crippen MR) is 202 cm³/mol. The minimum absolute atomic E-state index is 0.101. The van der Waals surface area contributed by atoms with Crippen LogP contribution >= 0.6 is 23.2 Å². The Kier molecular flexibility index (Phi) is 9.99. The molecule has 16 heteroatoms. The molecule has 2 aliphatic rings. The highest BCUT2D eigenvalue weighted by molar-refractivity contribution is 6.42. The van der Waals surface area contributed by atoms with Crippen LogP contribution in [0.1, 0.15) is 35.2 Å². The normalized spacial score (nSPS) is 18.2. The summed E-state index contributed by atoms with van der Waals surface area (Å²) >= 11 is 13.0. The fraction of sp³-hybridized carbons (Fsp3) is 0.378. The molecule has 3 aromatic carbocycles. The second kappa shape index (κ2) is 15.1. The number of imidazole rings is 1. The van der Waals surface area contributed by atoms with Gasteiger partial charge in [0.15, 0.2) is 0 Å². The van der Waals surface area contributed by atoms with Crippen molar-refractivity contribution in [3.05, 3.63) is 101 Å². The number of likely N-dealkylation sites (tertiary alicyclic amines) is 1. The number of carbonyl (C=O) groups excluding carboxylic acids is 1. The number of benzene rings is 3. The largest absolute Gasteiger partial charge is 0.496 e. The quantitative estimate of drug-likeness (QED) is 0.178. The molecule has 1 amide bonds. The van der Waals surface area contributed by atoms with E-state index in [4.69, 9.17) is 32.9 Å². The number of aryl methyl sites for hydroxylation is 2. The van der Waals surface area contributed by atoms with Crippen molar-refractivity contribution in [2.24, 2.45) is 0 Å². The summed E-state index contributed by atoms with van der Waals surface area (Å²) in [5, 5.41) is 20.6. The Hall–Kier alpha value is -5.05. The second-order valence-electron chi connectivity index (χ2n) is 13.7. The van der Waals surface area contributed by atoms with E-state index >= 15 is 0 Å². The molecule has 2 fully saturated rings. The Balaban J connectivity index is 0.999. The average molecular weight is 756 g/mol. The van der Waals surface area contributed by atoms with Gasteiger partial charge >= 0.3 is 0 Å². The molecule has 0 radical (unpaired) electrons. The van der Waals surface area contributed by atoms with Gasteiger partial charge < -0.3 is 24.0 Å². The van der Waals surface area contributed by atoms with Crippen LogP contribution in [0, 0.1) is 0 Å². The fourth-order valence-electron chi connectivity index (χ4n) is 7.76. The first-order valence-corrected chi connectivity index (χ1v) is 18.6. The standard InChI is InChI=1S/C37H40Cl2N12O2/c1-53-34-10-8-28(51-26-41-43-45-51)24-29(34)35(52)48-17-12-37(25-48,27-7-9-30(38)31(39)23-27)11-16-46-14-4-15-47(20-19-46)36-42-32-5-2-3-6-33(32)50(36)22-21-49-18-13-40-44-49/h2-3,5-10,13,18,23-24,26H,4,11-12,14-17,19-22,25H2,1H3. The molecular weight excluding hydrogens is 715 g/mol. The van der Waals surface area contributed by atoms with Gasteiger partial charge in [0.05, 0.1) is 52.2 Å². The minimum atomic E-state index is -0.314. The maximum Gasteiger partial charge on any atom is 0.257 e. The van der Waals surface area contributed by atoms with Crippen LogP contribution in [0.5, 0.6) is 5.75 Å². The number of amides is 1. The van der Waals surface area contributed by atoms with Crippen molar-refractivity contribution >= 4 is 46.1 Å². The van der Waals surface area contributed by atoms with Gasteiger partial charge in [-0.05, 0) is 90.8 Å². The van der Waals surface area contributed by atoms with Crippen LogP contribution in [0.25, 0.3) is 16.7 Å². The van der Waals surface area contributed by atoms with Crippen LogP contribution in [0.3, 0.4) is 0 Å². The monoisotopic (exact) mass is 754 g/mol. The Labute approximate surface area is 316 Å². The molecule has 5 heterocycles. The summed E-state index contributed by atoms with van der Waals surface area (Å²) in [6.45, 7) is 7.09. The van der Waals surface area contributed by atoms with Crippen LogP contribution in [0.15, 0.2) is 79.4 Å². The summed E-state index contributed by atoms with van der Waals surface area (Å²) < 4.78 is 11.3. The van der Waals surface area contributed by atoms with Gasteiger partial charge in [-0.1, -0.05) is 46.6 Å². The van der Waals surface area contributed by atoms with E-state index in [1.165, 1.54) is 11.0 Å². The molecule has 0 bridgehead atoms. The number of nitrogens with zero attached hydrogens (tertiary/aromatic N) is 12. The third kappa shape index (κ3) is 7.18. The number of rotatable bonds is 11. The van der Waals surface area contributed by atoms with Gasteiger partial charge in [-0.15, -0.1) is 10.2 Å². The number of fused-ring (bicyclic) bond motifs is 1. The molecule has 0 N–H and O–H groups in total. The summed E-state index contributed by atoms with van der Waals surface area (Å²) in [7, 11) is 1.57. The lowest BCUT2D eigenvalue weighted by molar-refractivity contribution is 0.0777. The maximum absolute atomic E-state index is 14.2. The summed E-state index contributed by atoms with van der Waals surface area (Å²) in [5.74, 6) is 1.39. The number of hydrogen-bond donors (Lipinski definition) is 0. The molecular formula is C37H40Cl2N12O2. The lowest BCUT2D eigenvalue weighted by Crippen LogP contribution is -2.39. The molecule has 3 aromatic heterocycles. The number of anilines is 1. The van der Waals surface area contributed by atoms with E-state index in [1.54, 1.807) is 25.4 Å². The highest BCUT2D eigenvalue weighted by Crippen LogP contribution is 2.41. The summed E-state index contributed by atoms with van der Waals surface area (Å²) in [4.78, 5) is 26.2. The SMILES string of the molecule is COc1ccc(-n2cnnn2)cc1C(=O)N1CCC(CCN2CCCN(c3nc4ccccc4n3CCn3ccnn3)CC2)(c2ccc(Cl)c(Cl)c2)C1. The minimum Gasteiger partial charge on any atom is -0.496 e. The Morgan fingerprint density at radius 1 is 0.906 bits per heavy atom. The van der Waals surface area contributed by atoms with Crippen LogP contribution in [0.4, 0.5) is 5.95 Å². The van der Waals surface area contributed by atoms with E-state index < -0.39 is 0 Å². The van der Waals surface area contributed by atoms with Crippen molar-refractivity contribution in [3.63, 3.8) is 0 Å². The molecule has 2 aliphatic heterocycles. The number of tetrazole rings is 1. The third-order valence-corrected chi connectivity index (χ3v) is 11.4. The molecule has 1 atom stereocenters. The van der Waals surface area contributed by atoms with E-state index in [1.807, 2.05) is 40.0 Å². The number of ether oxygens (including phenoxy) is 1. The first kappa shape index (κ1) is 35.0. The van der Waals surface area contributed by atoms with Gasteiger partial charge in [-0.25, -0.2) is 9.67 Å². The average Bonchev–Trinajstić information content (AvgIpc) is 4.01. The highest BCUT2D eigenvalue weighted by Gasteiger charge is 2.42. The van der Waals surface area contributed by atoms with Crippen LogP contribution < -0.4 is 9.64 Å². The molecule has 6 aromatic rings. The van der Waals surface area contributed by atoms with E-state index in [2.05, 4.69) is 64.5 Å². The third-order valence-electron chi connectivity index (χ3n) is 10.6. The molecule has 2 saturated heterocycles. The van der Waals surface area contributed by atoms with Crippen molar-refractivity contribution in [2.45, 2.75) is 37.8 Å². The van der Waals surface area contributed by atoms with Gasteiger partial charge in [0.2, 0.25) is 5.95 Å². The van der Waals surface area contributed by atoms with Crippen LogP contribution in [-0.2, 0) is 18.5 Å². The number of halogens is 2. The lowest BCUT2D eigenvalue weighted by Gasteiger charge is -2.33. The topological polar surface area (TPSA) is 128 Å². The number of para-hydroxylation sites is 2. The number of hydrogen-bond acceptors (Lipinski definition) is 10. The van der Waals surface area contributed by atoms with Crippen molar-refractivity contribution in [2.75, 3.05) is 57.8 Å². The zero-order chi connectivity index (χ0) is 36.4. The van der Waals surface area contributed by atoms with Crippen LogP contribution in [0.2, 0.25) is 10.0 Å². The van der Waals surface area contributed by atoms with Crippen molar-refractivity contribution < 1.29 is 9.53 Å². The van der Waals surface area contributed by atoms with Gasteiger partial charge in [-0.3, -0.25) is 9.48 Å². The zero-order valence-electron chi connectivity index (χ0n) is 29.4. The summed E-state index contributed by atoms with van der Waals surface area (Å²) in [6, 6.07) is 19.6. The molecule has 274 valence electrons. The van der Waals surface area contributed by atoms with Gasteiger partial charge in [0, 0.05) is 50.9 Å². The second-order valence-corrected chi connectivity index (χ2v) is 14.5. The van der Waals surface area contributed by atoms with E-state index in [0.29, 0.717) is 46.7 Å². The highest BCUT2D eigenvalue weighted by atomic mass is 35.5. The van der Waals surface area contributed by atoms with Crippen LogP contribution in [-0.4, -0.2) is 113 Å². The number of aromatic nitrogens is 9.